The summed E-state index contributed by atoms with van der Waals surface area (Å²) in [6.07, 6.45) is 2.69. The van der Waals surface area contributed by atoms with Crippen LogP contribution in [0.5, 0.6) is 5.75 Å². The lowest BCUT2D eigenvalue weighted by Gasteiger charge is -2.26. The number of halogens is 1. The quantitative estimate of drug-likeness (QED) is 0.399. The first-order chi connectivity index (χ1) is 17.9. The van der Waals surface area contributed by atoms with Crippen molar-refractivity contribution in [2.24, 2.45) is 5.41 Å². The summed E-state index contributed by atoms with van der Waals surface area (Å²) in [4.78, 5) is 35.8. The number of imidazole rings is 1. The first-order valence-electron chi connectivity index (χ1n) is 12.5. The minimum atomic E-state index is -0.288. The molecule has 10 heteroatoms. The van der Waals surface area contributed by atoms with E-state index in [1.54, 1.807) is 11.0 Å². The Balaban J connectivity index is 1.30. The van der Waals surface area contributed by atoms with E-state index in [0.29, 0.717) is 67.0 Å². The molecule has 9 nitrogen and oxygen atoms in total. The Bertz CT molecular complexity index is 1550. The van der Waals surface area contributed by atoms with E-state index in [0.717, 1.165) is 16.4 Å². The Morgan fingerprint density at radius 1 is 1.19 bits per heavy atom. The predicted octanol–water partition coefficient (Wildman–Crippen LogP) is 3.55. The van der Waals surface area contributed by atoms with Gasteiger partial charge in [-0.15, -0.1) is 0 Å². The molecular weight excluding hydrogens is 494 g/mol. The number of benzene rings is 2. The predicted molar refractivity (Wildman–Crippen MR) is 140 cm³/mol. The molecule has 3 heterocycles. The van der Waals surface area contributed by atoms with Crippen molar-refractivity contribution in [1.82, 2.24) is 24.6 Å². The standard InChI is InChI=1S/C27H28ClN5O4/c1-27(6-7-27)16-37-23-13-22-21(12-19(23)28)29-24(30-22)14-20-17-4-2-3-5-18(17)26(35)33(31-20)15-25(34)32-8-10-36-11-9-32/h2-5,12-13H,6-11,14-16H2,1H3,(H,29,30). The smallest absolute Gasteiger partial charge is 0.275 e. The Kier molecular flexibility index (Phi) is 6.12. The maximum atomic E-state index is 13.2. The number of carbonyl (C=O) groups is 1. The first-order valence-corrected chi connectivity index (χ1v) is 12.9. The molecule has 2 aromatic carbocycles. The van der Waals surface area contributed by atoms with Gasteiger partial charge in [0.15, 0.2) is 0 Å². The highest BCUT2D eigenvalue weighted by Gasteiger charge is 2.38. The molecular formula is C27H28ClN5O4. The highest BCUT2D eigenvalue weighted by atomic mass is 35.5. The lowest BCUT2D eigenvalue weighted by Crippen LogP contribution is -2.43. The van der Waals surface area contributed by atoms with Crippen LogP contribution in [0.25, 0.3) is 21.8 Å². The number of morpholine rings is 1. The van der Waals surface area contributed by atoms with Crippen LogP contribution < -0.4 is 10.3 Å². The molecule has 0 atom stereocenters. The van der Waals surface area contributed by atoms with Gasteiger partial charge in [-0.05, 0) is 25.0 Å². The van der Waals surface area contributed by atoms with E-state index < -0.39 is 0 Å². The van der Waals surface area contributed by atoms with Crippen molar-refractivity contribution in [3.05, 3.63) is 63.3 Å². The molecule has 6 rings (SSSR count). The fourth-order valence-electron chi connectivity index (χ4n) is 4.61. The fraction of sp³-hybridized carbons (Fsp3) is 0.407. The SMILES string of the molecule is CC1(COc2cc3nc(Cc4nn(CC(=O)N5CCOCC5)c(=O)c5ccccc45)[nH]c3cc2Cl)CC1. The van der Waals surface area contributed by atoms with Crippen LogP contribution in [0.4, 0.5) is 0 Å². The molecule has 0 radical (unpaired) electrons. The molecule has 37 heavy (non-hydrogen) atoms. The highest BCUT2D eigenvalue weighted by molar-refractivity contribution is 6.32. The van der Waals surface area contributed by atoms with Crippen LogP contribution in [0.1, 0.15) is 31.3 Å². The maximum absolute atomic E-state index is 13.2. The summed E-state index contributed by atoms with van der Waals surface area (Å²) < 4.78 is 12.6. The second kappa shape index (κ2) is 9.46. The summed E-state index contributed by atoms with van der Waals surface area (Å²) in [5, 5.41) is 6.40. The summed E-state index contributed by atoms with van der Waals surface area (Å²) >= 11 is 6.48. The third kappa shape index (κ3) is 4.93. The molecule has 192 valence electrons. The monoisotopic (exact) mass is 521 g/mol. The van der Waals surface area contributed by atoms with Crippen LogP contribution in [0.15, 0.2) is 41.2 Å². The van der Waals surface area contributed by atoms with Crippen molar-refractivity contribution >= 4 is 39.3 Å². The zero-order chi connectivity index (χ0) is 25.6. The van der Waals surface area contributed by atoms with Crippen LogP contribution >= 0.6 is 11.6 Å². The molecule has 1 saturated heterocycles. The average Bonchev–Trinajstić information content (AvgIpc) is 3.52. The summed E-state index contributed by atoms with van der Waals surface area (Å²) in [6.45, 7) is 4.75. The van der Waals surface area contributed by atoms with Crippen molar-refractivity contribution in [1.29, 1.82) is 0 Å². The van der Waals surface area contributed by atoms with Gasteiger partial charge in [-0.2, -0.15) is 5.10 Å². The van der Waals surface area contributed by atoms with Gasteiger partial charge in [-0.3, -0.25) is 9.59 Å². The average molecular weight is 522 g/mol. The Morgan fingerprint density at radius 3 is 2.70 bits per heavy atom. The molecule has 2 aromatic heterocycles. The summed E-state index contributed by atoms with van der Waals surface area (Å²) in [5.74, 6) is 1.16. The van der Waals surface area contributed by atoms with E-state index in [1.165, 1.54) is 17.5 Å². The van der Waals surface area contributed by atoms with Gasteiger partial charge in [0.05, 0.1) is 53.4 Å². The first kappa shape index (κ1) is 23.9. The summed E-state index contributed by atoms with van der Waals surface area (Å²) in [5.41, 5.74) is 2.16. The minimum Gasteiger partial charge on any atom is -0.491 e. The Morgan fingerprint density at radius 2 is 1.95 bits per heavy atom. The van der Waals surface area contributed by atoms with Crippen LogP contribution in [0.2, 0.25) is 5.02 Å². The van der Waals surface area contributed by atoms with Gasteiger partial charge in [-0.25, -0.2) is 9.67 Å². The summed E-state index contributed by atoms with van der Waals surface area (Å²) in [7, 11) is 0. The normalized spacial score (nSPS) is 16.9. The Hall–Kier alpha value is -3.43. The van der Waals surface area contributed by atoms with Crippen molar-refractivity contribution in [2.75, 3.05) is 32.9 Å². The van der Waals surface area contributed by atoms with Gasteiger partial charge in [0.2, 0.25) is 5.91 Å². The van der Waals surface area contributed by atoms with Gasteiger partial charge in [0.25, 0.3) is 5.56 Å². The number of aromatic nitrogens is 4. The van der Waals surface area contributed by atoms with Gasteiger partial charge >= 0.3 is 0 Å². The molecule has 1 N–H and O–H groups in total. The van der Waals surface area contributed by atoms with E-state index >= 15 is 0 Å². The van der Waals surface area contributed by atoms with Gasteiger partial charge in [-0.1, -0.05) is 36.7 Å². The largest absolute Gasteiger partial charge is 0.491 e. The topological polar surface area (TPSA) is 102 Å². The van der Waals surface area contributed by atoms with Gasteiger partial charge < -0.3 is 19.4 Å². The fourth-order valence-corrected chi connectivity index (χ4v) is 4.83. The van der Waals surface area contributed by atoms with Crippen molar-refractivity contribution in [3.8, 4) is 5.75 Å². The molecule has 1 aliphatic heterocycles. The van der Waals surface area contributed by atoms with Crippen molar-refractivity contribution in [2.45, 2.75) is 32.7 Å². The number of rotatable bonds is 7. The van der Waals surface area contributed by atoms with Crippen LogP contribution in [0.3, 0.4) is 0 Å². The number of ether oxygens (including phenoxy) is 2. The van der Waals surface area contributed by atoms with Gasteiger partial charge in [0.1, 0.15) is 18.1 Å². The molecule has 1 saturated carbocycles. The van der Waals surface area contributed by atoms with Crippen LogP contribution in [-0.4, -0.2) is 63.5 Å². The van der Waals surface area contributed by atoms with Crippen LogP contribution in [0, 0.1) is 5.41 Å². The number of aromatic amines is 1. The summed E-state index contributed by atoms with van der Waals surface area (Å²) in [6, 6.07) is 11.0. The van der Waals surface area contributed by atoms with E-state index in [9.17, 15) is 9.59 Å². The van der Waals surface area contributed by atoms with E-state index in [-0.39, 0.29) is 23.4 Å². The zero-order valence-electron chi connectivity index (χ0n) is 20.6. The highest BCUT2D eigenvalue weighted by Crippen LogP contribution is 2.45. The molecule has 2 fully saturated rings. The molecule has 1 amide bonds. The number of fused-ring (bicyclic) bond motifs is 2. The molecule has 2 aliphatic rings. The van der Waals surface area contributed by atoms with Crippen molar-refractivity contribution < 1.29 is 14.3 Å². The number of hydrogen-bond donors (Lipinski definition) is 1. The van der Waals surface area contributed by atoms with Crippen LogP contribution in [-0.2, 0) is 22.5 Å². The third-order valence-corrected chi connectivity index (χ3v) is 7.49. The minimum absolute atomic E-state index is 0.119. The van der Waals surface area contributed by atoms with E-state index in [2.05, 4.69) is 17.0 Å². The molecule has 1 aliphatic carbocycles. The Labute approximate surface area is 218 Å². The number of nitrogens with zero attached hydrogens (tertiary/aromatic N) is 4. The number of hydrogen-bond acceptors (Lipinski definition) is 6. The van der Waals surface area contributed by atoms with Gasteiger partial charge in [0, 0.05) is 30.0 Å². The van der Waals surface area contributed by atoms with E-state index in [4.69, 9.17) is 26.1 Å². The maximum Gasteiger partial charge on any atom is 0.275 e. The molecule has 0 unspecified atom stereocenters. The molecule has 0 spiro atoms. The lowest BCUT2D eigenvalue weighted by molar-refractivity contribution is -0.136. The lowest BCUT2D eigenvalue weighted by atomic mass is 10.1. The molecule has 4 aromatic rings. The number of carbonyl (C=O) groups excluding carboxylic acids is 1. The number of nitrogens with one attached hydrogen (secondary N) is 1. The number of amides is 1. The second-order valence-electron chi connectivity index (χ2n) is 10.2. The zero-order valence-corrected chi connectivity index (χ0v) is 21.4. The van der Waals surface area contributed by atoms with Crippen molar-refractivity contribution in [3.63, 3.8) is 0 Å². The molecule has 0 bridgehead atoms. The number of H-pyrrole nitrogens is 1. The second-order valence-corrected chi connectivity index (χ2v) is 10.6. The van der Waals surface area contributed by atoms with E-state index in [1.807, 2.05) is 30.3 Å². The third-order valence-electron chi connectivity index (χ3n) is 7.19.